The van der Waals surface area contributed by atoms with Gasteiger partial charge in [-0.25, -0.2) is 0 Å². The summed E-state index contributed by atoms with van der Waals surface area (Å²) in [7, 11) is 1.40. The molecule has 0 saturated heterocycles. The molecule has 3 heteroatoms. The molecule has 1 saturated carbocycles. The second-order valence-corrected chi connectivity index (χ2v) is 5.17. The number of carbonyl (C=O) groups is 1. The molecule has 0 bridgehead atoms. The minimum Gasteiger partial charge on any atom is -0.507 e. The maximum atomic E-state index is 11.9. The maximum Gasteiger partial charge on any atom is 0.316 e. The molecular formula is C17H16O3. The summed E-state index contributed by atoms with van der Waals surface area (Å²) in [5.74, 6) is -0.0201. The number of benzene rings is 2. The topological polar surface area (TPSA) is 46.5 Å². The summed E-state index contributed by atoms with van der Waals surface area (Å²) in [6, 6.07) is 15.1. The Balaban J connectivity index is 1.99. The van der Waals surface area contributed by atoms with Crippen LogP contribution in [0.1, 0.15) is 18.4 Å². The molecule has 1 aliphatic carbocycles. The Labute approximate surface area is 117 Å². The molecule has 3 nitrogen and oxygen atoms in total. The summed E-state index contributed by atoms with van der Waals surface area (Å²) in [5, 5.41) is 10.2. The number of carbonyl (C=O) groups excluding carboxylic acids is 1. The van der Waals surface area contributed by atoms with Crippen LogP contribution in [-0.2, 0) is 14.9 Å². The van der Waals surface area contributed by atoms with E-state index in [1.807, 2.05) is 42.5 Å². The largest absolute Gasteiger partial charge is 0.507 e. The average Bonchev–Trinajstić information content (AvgIpc) is 3.29. The Bertz CT molecular complexity index is 643. The Hall–Kier alpha value is -2.29. The molecule has 2 aromatic rings. The quantitative estimate of drug-likeness (QED) is 0.869. The number of phenols is 1. The molecule has 0 unspecified atom stereocenters. The molecule has 102 valence electrons. The number of hydrogen-bond donors (Lipinski definition) is 1. The van der Waals surface area contributed by atoms with Crippen LogP contribution >= 0.6 is 0 Å². The number of rotatable bonds is 3. The second-order valence-electron chi connectivity index (χ2n) is 5.17. The Morgan fingerprint density at radius 1 is 1.15 bits per heavy atom. The first-order valence-electron chi connectivity index (χ1n) is 6.65. The molecule has 3 rings (SSSR count). The zero-order valence-corrected chi connectivity index (χ0v) is 11.3. The highest BCUT2D eigenvalue weighted by Gasteiger charge is 2.52. The number of phenolic OH excluding ortho intramolecular Hbond substituents is 1. The molecule has 1 N–H and O–H groups in total. The van der Waals surface area contributed by atoms with Crippen molar-refractivity contribution in [3.8, 4) is 16.9 Å². The maximum absolute atomic E-state index is 11.9. The van der Waals surface area contributed by atoms with Crippen LogP contribution in [0.4, 0.5) is 0 Å². The van der Waals surface area contributed by atoms with Gasteiger partial charge in [-0.1, -0.05) is 42.5 Å². The minimum atomic E-state index is -0.540. The van der Waals surface area contributed by atoms with Crippen LogP contribution in [0, 0.1) is 0 Å². The molecule has 0 radical (unpaired) electrons. The van der Waals surface area contributed by atoms with Crippen molar-refractivity contribution in [2.75, 3.05) is 7.11 Å². The van der Waals surface area contributed by atoms with Gasteiger partial charge in [0.2, 0.25) is 0 Å². The van der Waals surface area contributed by atoms with Crippen molar-refractivity contribution < 1.29 is 14.6 Å². The first-order chi connectivity index (χ1) is 9.67. The van der Waals surface area contributed by atoms with Crippen molar-refractivity contribution in [1.29, 1.82) is 0 Å². The van der Waals surface area contributed by atoms with E-state index < -0.39 is 5.41 Å². The molecule has 0 aliphatic heterocycles. The number of esters is 1. The minimum absolute atomic E-state index is 0.198. The highest BCUT2D eigenvalue weighted by Crippen LogP contribution is 2.50. The fourth-order valence-corrected chi connectivity index (χ4v) is 2.62. The van der Waals surface area contributed by atoms with Crippen molar-refractivity contribution in [2.45, 2.75) is 18.3 Å². The third kappa shape index (κ3) is 1.95. The number of methoxy groups -OCH3 is 1. The lowest BCUT2D eigenvalue weighted by atomic mass is 9.93. The van der Waals surface area contributed by atoms with E-state index in [1.165, 1.54) is 7.11 Å². The van der Waals surface area contributed by atoms with Crippen LogP contribution in [0.5, 0.6) is 5.75 Å². The molecule has 0 amide bonds. The fourth-order valence-electron chi connectivity index (χ4n) is 2.62. The second kappa shape index (κ2) is 4.67. The SMILES string of the molecule is COC(=O)C1(c2ccc(-c3ccccc3)c(O)c2)CC1. The molecule has 0 atom stereocenters. The summed E-state index contributed by atoms with van der Waals surface area (Å²) in [6.45, 7) is 0. The molecule has 20 heavy (non-hydrogen) atoms. The van der Waals surface area contributed by atoms with Gasteiger partial charge in [0, 0.05) is 5.56 Å². The van der Waals surface area contributed by atoms with Gasteiger partial charge in [0.15, 0.2) is 0 Å². The van der Waals surface area contributed by atoms with Crippen LogP contribution in [0.2, 0.25) is 0 Å². The van der Waals surface area contributed by atoms with Gasteiger partial charge in [0.1, 0.15) is 5.75 Å². The van der Waals surface area contributed by atoms with Crippen LogP contribution in [-0.4, -0.2) is 18.2 Å². The molecule has 0 aromatic heterocycles. The van der Waals surface area contributed by atoms with E-state index in [-0.39, 0.29) is 11.7 Å². The van der Waals surface area contributed by atoms with Crippen LogP contribution in [0.3, 0.4) is 0 Å². The van der Waals surface area contributed by atoms with Gasteiger partial charge in [-0.2, -0.15) is 0 Å². The Morgan fingerprint density at radius 2 is 1.85 bits per heavy atom. The number of hydrogen-bond acceptors (Lipinski definition) is 3. The molecule has 0 spiro atoms. The third-order valence-corrected chi connectivity index (χ3v) is 3.96. The Kier molecular flexibility index (Phi) is 2.97. The van der Waals surface area contributed by atoms with Crippen molar-refractivity contribution in [1.82, 2.24) is 0 Å². The van der Waals surface area contributed by atoms with Gasteiger partial charge in [-0.3, -0.25) is 4.79 Å². The summed E-state index contributed by atoms with van der Waals surface area (Å²) >= 11 is 0. The zero-order valence-electron chi connectivity index (χ0n) is 11.3. The lowest BCUT2D eigenvalue weighted by Gasteiger charge is -2.14. The normalized spacial score (nSPS) is 15.7. The van der Waals surface area contributed by atoms with E-state index in [1.54, 1.807) is 6.07 Å². The van der Waals surface area contributed by atoms with Crippen molar-refractivity contribution in [3.05, 3.63) is 54.1 Å². The first-order valence-corrected chi connectivity index (χ1v) is 6.65. The predicted molar refractivity (Wildman–Crippen MR) is 76.5 cm³/mol. The first kappa shape index (κ1) is 12.7. The van der Waals surface area contributed by atoms with Gasteiger partial charge in [0.25, 0.3) is 0 Å². The third-order valence-electron chi connectivity index (χ3n) is 3.96. The van der Waals surface area contributed by atoms with Crippen molar-refractivity contribution in [2.24, 2.45) is 0 Å². The van der Waals surface area contributed by atoms with E-state index in [9.17, 15) is 9.90 Å². The van der Waals surface area contributed by atoms with E-state index in [0.29, 0.717) is 0 Å². The molecular weight excluding hydrogens is 252 g/mol. The van der Waals surface area contributed by atoms with Gasteiger partial charge in [0.05, 0.1) is 12.5 Å². The average molecular weight is 268 g/mol. The zero-order chi connectivity index (χ0) is 14.2. The van der Waals surface area contributed by atoms with Crippen LogP contribution in [0.25, 0.3) is 11.1 Å². The molecule has 2 aromatic carbocycles. The van der Waals surface area contributed by atoms with E-state index >= 15 is 0 Å². The molecule has 1 fully saturated rings. The van der Waals surface area contributed by atoms with E-state index in [0.717, 1.165) is 29.5 Å². The summed E-state index contributed by atoms with van der Waals surface area (Å²) in [5.41, 5.74) is 2.03. The van der Waals surface area contributed by atoms with Crippen LogP contribution in [0.15, 0.2) is 48.5 Å². The predicted octanol–water partition coefficient (Wildman–Crippen LogP) is 3.26. The Morgan fingerprint density at radius 3 is 2.40 bits per heavy atom. The van der Waals surface area contributed by atoms with Gasteiger partial charge in [-0.05, 0) is 30.0 Å². The van der Waals surface area contributed by atoms with Crippen molar-refractivity contribution in [3.63, 3.8) is 0 Å². The standard InChI is InChI=1S/C17H16O3/c1-20-16(19)17(9-10-17)13-7-8-14(15(18)11-13)12-5-3-2-4-6-12/h2-8,11,18H,9-10H2,1H3. The smallest absolute Gasteiger partial charge is 0.316 e. The molecule has 1 aliphatic rings. The van der Waals surface area contributed by atoms with E-state index in [4.69, 9.17) is 4.74 Å². The molecule has 0 heterocycles. The highest BCUT2D eigenvalue weighted by atomic mass is 16.5. The van der Waals surface area contributed by atoms with Crippen molar-refractivity contribution >= 4 is 5.97 Å². The number of aromatic hydroxyl groups is 1. The number of ether oxygens (including phenoxy) is 1. The van der Waals surface area contributed by atoms with Gasteiger partial charge in [-0.15, -0.1) is 0 Å². The summed E-state index contributed by atoms with van der Waals surface area (Å²) < 4.78 is 4.87. The summed E-state index contributed by atoms with van der Waals surface area (Å²) in [4.78, 5) is 11.9. The van der Waals surface area contributed by atoms with E-state index in [2.05, 4.69) is 0 Å². The van der Waals surface area contributed by atoms with Gasteiger partial charge < -0.3 is 9.84 Å². The lowest BCUT2D eigenvalue weighted by molar-refractivity contribution is -0.143. The lowest BCUT2D eigenvalue weighted by Crippen LogP contribution is -2.21. The van der Waals surface area contributed by atoms with Gasteiger partial charge >= 0.3 is 5.97 Å². The monoisotopic (exact) mass is 268 g/mol. The van der Waals surface area contributed by atoms with Crippen LogP contribution < -0.4 is 0 Å². The summed E-state index contributed by atoms with van der Waals surface area (Å²) in [6.07, 6.45) is 1.56. The highest BCUT2D eigenvalue weighted by molar-refractivity contribution is 5.87. The fraction of sp³-hybridized carbons (Fsp3) is 0.235.